The number of benzene rings is 2. The number of thioether (sulfide) groups is 1. The van der Waals surface area contributed by atoms with E-state index in [0.29, 0.717) is 10.9 Å². The van der Waals surface area contributed by atoms with E-state index < -0.39 is 0 Å². The molecule has 2 aliphatic heterocycles. The Morgan fingerprint density at radius 3 is 2.27 bits per heavy atom. The quantitative estimate of drug-likeness (QED) is 0.742. The molecule has 110 valence electrons. The average molecular weight is 349 g/mol. The molecule has 6 heteroatoms. The fourth-order valence-corrected chi connectivity index (χ4v) is 3.53. The molecule has 0 aromatic heterocycles. The Morgan fingerprint density at radius 1 is 0.955 bits per heavy atom. The maximum Gasteiger partial charge on any atom is 0.245 e. The van der Waals surface area contributed by atoms with Crippen molar-refractivity contribution in [2.24, 2.45) is 5.10 Å². The summed E-state index contributed by atoms with van der Waals surface area (Å²) >= 11 is 13.5. The predicted octanol–water partition coefficient (Wildman–Crippen LogP) is 5.23. The summed E-state index contributed by atoms with van der Waals surface area (Å²) < 4.78 is 5.83. The van der Waals surface area contributed by atoms with Crippen LogP contribution < -0.4 is 0 Å². The van der Waals surface area contributed by atoms with Crippen LogP contribution in [0.15, 0.2) is 64.9 Å². The highest BCUT2D eigenvalue weighted by Gasteiger charge is 2.35. The summed E-state index contributed by atoms with van der Waals surface area (Å²) in [5.41, 5.74) is 2.03. The maximum absolute atomic E-state index is 5.95. The molecular formula is C16H10Cl2N2OS. The Balaban J connectivity index is 1.63. The zero-order chi connectivity index (χ0) is 15.1. The van der Waals surface area contributed by atoms with Gasteiger partial charge in [-0.1, -0.05) is 47.1 Å². The van der Waals surface area contributed by atoms with Gasteiger partial charge in [0.1, 0.15) is 5.37 Å². The van der Waals surface area contributed by atoms with E-state index in [1.165, 1.54) is 0 Å². The molecule has 4 rings (SSSR count). The number of halogens is 2. The van der Waals surface area contributed by atoms with Crippen LogP contribution in [0.1, 0.15) is 16.5 Å². The molecule has 0 N–H and O–H groups in total. The first kappa shape index (κ1) is 14.0. The van der Waals surface area contributed by atoms with Crippen molar-refractivity contribution >= 4 is 40.9 Å². The van der Waals surface area contributed by atoms with Gasteiger partial charge < -0.3 is 4.74 Å². The van der Waals surface area contributed by atoms with Gasteiger partial charge in [-0.3, -0.25) is 0 Å². The zero-order valence-corrected chi connectivity index (χ0v) is 13.6. The summed E-state index contributed by atoms with van der Waals surface area (Å²) in [6.07, 6.45) is 0. The van der Waals surface area contributed by atoms with E-state index in [1.807, 2.05) is 58.9 Å². The van der Waals surface area contributed by atoms with Crippen molar-refractivity contribution in [3.05, 3.63) is 81.0 Å². The lowest BCUT2D eigenvalue weighted by Crippen LogP contribution is -2.12. The molecule has 0 bridgehead atoms. The highest BCUT2D eigenvalue weighted by molar-refractivity contribution is 8.02. The van der Waals surface area contributed by atoms with E-state index in [-0.39, 0.29) is 5.37 Å². The molecule has 2 aromatic rings. The lowest BCUT2D eigenvalue weighted by atomic mass is 10.2. The number of rotatable bonds is 2. The first-order valence-electron chi connectivity index (χ1n) is 6.63. The van der Waals surface area contributed by atoms with Gasteiger partial charge in [-0.25, -0.2) is 5.01 Å². The van der Waals surface area contributed by atoms with Gasteiger partial charge >= 0.3 is 0 Å². The molecule has 0 aliphatic carbocycles. The number of hydrogen-bond acceptors (Lipinski definition) is 4. The zero-order valence-electron chi connectivity index (χ0n) is 11.2. The summed E-state index contributed by atoms with van der Waals surface area (Å²) in [7, 11) is 0. The number of hydrazone groups is 1. The van der Waals surface area contributed by atoms with E-state index in [4.69, 9.17) is 27.9 Å². The van der Waals surface area contributed by atoms with Crippen LogP contribution in [-0.2, 0) is 4.74 Å². The van der Waals surface area contributed by atoms with Crippen molar-refractivity contribution < 1.29 is 4.74 Å². The van der Waals surface area contributed by atoms with Gasteiger partial charge in [0.25, 0.3) is 0 Å². The van der Waals surface area contributed by atoms with E-state index in [1.54, 1.807) is 11.8 Å². The van der Waals surface area contributed by atoms with Crippen LogP contribution in [0.5, 0.6) is 0 Å². The monoisotopic (exact) mass is 348 g/mol. The molecule has 2 aliphatic rings. The van der Waals surface area contributed by atoms with Crippen molar-refractivity contribution in [2.75, 3.05) is 0 Å². The minimum Gasteiger partial charge on any atom is -0.418 e. The molecular weight excluding hydrogens is 339 g/mol. The fraction of sp³-hybridized carbons (Fsp3) is 0.0625. The minimum absolute atomic E-state index is 0.0667. The first-order valence-corrected chi connectivity index (χ1v) is 8.33. The topological polar surface area (TPSA) is 24.8 Å². The van der Waals surface area contributed by atoms with Crippen molar-refractivity contribution in [1.29, 1.82) is 0 Å². The Morgan fingerprint density at radius 2 is 1.59 bits per heavy atom. The van der Waals surface area contributed by atoms with Crippen LogP contribution >= 0.6 is 35.0 Å². The Bertz CT molecular complexity index is 772. The Hall–Kier alpha value is -1.62. The van der Waals surface area contributed by atoms with Gasteiger partial charge in [0, 0.05) is 21.0 Å². The van der Waals surface area contributed by atoms with Gasteiger partial charge in [0.2, 0.25) is 11.8 Å². The molecule has 0 radical (unpaired) electrons. The third kappa shape index (κ3) is 2.47. The van der Waals surface area contributed by atoms with Crippen molar-refractivity contribution in [3.8, 4) is 0 Å². The second-order valence-electron chi connectivity index (χ2n) is 4.85. The van der Waals surface area contributed by atoms with Crippen LogP contribution in [0.4, 0.5) is 0 Å². The standard InChI is InChI=1S/C16H10Cl2N2OS/c17-12-5-1-10(2-6-12)15-19-20-14(21-15)9-22-16(20)11-3-7-13(18)8-4-11/h1-9,16H. The maximum atomic E-state index is 5.95. The van der Waals surface area contributed by atoms with Crippen molar-refractivity contribution in [1.82, 2.24) is 5.01 Å². The van der Waals surface area contributed by atoms with E-state index in [0.717, 1.165) is 22.0 Å². The molecule has 22 heavy (non-hydrogen) atoms. The normalized spacial score (nSPS) is 19.5. The largest absolute Gasteiger partial charge is 0.418 e. The van der Waals surface area contributed by atoms with E-state index in [2.05, 4.69) is 5.10 Å². The van der Waals surface area contributed by atoms with Gasteiger partial charge in [-0.15, -0.1) is 5.10 Å². The highest BCUT2D eigenvalue weighted by atomic mass is 35.5. The summed E-state index contributed by atoms with van der Waals surface area (Å²) in [6, 6.07) is 15.2. The second-order valence-corrected chi connectivity index (χ2v) is 6.68. The van der Waals surface area contributed by atoms with Crippen LogP contribution in [0, 0.1) is 0 Å². The molecule has 1 atom stereocenters. The molecule has 0 fully saturated rings. The Labute approximate surface area is 142 Å². The third-order valence-electron chi connectivity index (χ3n) is 3.39. The molecule has 3 nitrogen and oxygen atoms in total. The number of ether oxygens (including phenoxy) is 1. The van der Waals surface area contributed by atoms with Gasteiger partial charge in [0.15, 0.2) is 0 Å². The van der Waals surface area contributed by atoms with Gasteiger partial charge in [-0.05, 0) is 42.0 Å². The van der Waals surface area contributed by atoms with Crippen molar-refractivity contribution in [2.45, 2.75) is 5.37 Å². The summed E-state index contributed by atoms with van der Waals surface area (Å²) in [5, 5.41) is 9.94. The Kier molecular flexibility index (Phi) is 3.53. The molecule has 0 amide bonds. The average Bonchev–Trinajstić information content (AvgIpc) is 3.09. The van der Waals surface area contributed by atoms with E-state index in [9.17, 15) is 0 Å². The number of nitrogens with zero attached hydrogens (tertiary/aromatic N) is 2. The molecule has 2 aromatic carbocycles. The molecule has 1 unspecified atom stereocenters. The fourth-order valence-electron chi connectivity index (χ4n) is 2.30. The molecule has 0 saturated heterocycles. The summed E-state index contributed by atoms with van der Waals surface area (Å²) in [6.45, 7) is 0. The van der Waals surface area contributed by atoms with Gasteiger partial charge in [-0.2, -0.15) is 0 Å². The van der Waals surface area contributed by atoms with Crippen LogP contribution in [0.2, 0.25) is 10.0 Å². The predicted molar refractivity (Wildman–Crippen MR) is 90.8 cm³/mol. The number of fused-ring (bicyclic) bond motifs is 1. The molecule has 0 saturated carbocycles. The molecule has 2 heterocycles. The SMILES string of the molecule is Clc1ccc(C2=NN3C(=CSC3c3ccc(Cl)cc3)O2)cc1. The van der Waals surface area contributed by atoms with Gasteiger partial charge in [0.05, 0.1) is 0 Å². The highest BCUT2D eigenvalue weighted by Crippen LogP contribution is 2.45. The summed E-state index contributed by atoms with van der Waals surface area (Å²) in [5.74, 6) is 1.33. The van der Waals surface area contributed by atoms with Crippen LogP contribution in [0.3, 0.4) is 0 Å². The minimum atomic E-state index is 0.0667. The van der Waals surface area contributed by atoms with Crippen molar-refractivity contribution in [3.63, 3.8) is 0 Å². The van der Waals surface area contributed by atoms with Crippen LogP contribution in [0.25, 0.3) is 0 Å². The summed E-state index contributed by atoms with van der Waals surface area (Å²) in [4.78, 5) is 0. The number of hydrogen-bond donors (Lipinski definition) is 0. The third-order valence-corrected chi connectivity index (χ3v) is 4.96. The first-order chi connectivity index (χ1) is 10.7. The lowest BCUT2D eigenvalue weighted by Gasteiger charge is -2.17. The molecule has 0 spiro atoms. The lowest BCUT2D eigenvalue weighted by molar-refractivity contribution is 0.265. The second kappa shape index (κ2) is 5.54. The smallest absolute Gasteiger partial charge is 0.245 e. The van der Waals surface area contributed by atoms with E-state index >= 15 is 0 Å². The van der Waals surface area contributed by atoms with Crippen LogP contribution in [-0.4, -0.2) is 10.9 Å².